The van der Waals surface area contributed by atoms with E-state index in [1.165, 1.54) is 4.31 Å². The lowest BCUT2D eigenvalue weighted by molar-refractivity contribution is -0.140. The molecule has 0 radical (unpaired) electrons. The molecule has 2 fully saturated rings. The van der Waals surface area contributed by atoms with Gasteiger partial charge in [-0.1, -0.05) is 0 Å². The average Bonchev–Trinajstić information content (AvgIpc) is 3.42. The summed E-state index contributed by atoms with van der Waals surface area (Å²) in [7, 11) is 0.591. The zero-order chi connectivity index (χ0) is 25.5. The van der Waals surface area contributed by atoms with Crippen LogP contribution in [0.5, 0.6) is 0 Å². The van der Waals surface area contributed by atoms with Crippen molar-refractivity contribution >= 4 is 27.3 Å². The highest BCUT2D eigenvalue weighted by molar-refractivity contribution is 7.88. The van der Waals surface area contributed by atoms with Crippen molar-refractivity contribution in [2.45, 2.75) is 56.3 Å². The molecule has 2 atom stereocenters. The summed E-state index contributed by atoms with van der Waals surface area (Å²) in [4.78, 5) is 13.6. The normalized spacial score (nSPS) is 22.7. The number of piperidine rings is 1. The van der Waals surface area contributed by atoms with Gasteiger partial charge in [0.25, 0.3) is 0 Å². The van der Waals surface area contributed by atoms with Crippen molar-refractivity contribution < 1.29 is 26.0 Å². The number of rotatable bonds is 6. The lowest BCUT2D eigenvalue weighted by Crippen LogP contribution is -2.42. The van der Waals surface area contributed by atoms with Gasteiger partial charge in [-0.3, -0.25) is 0 Å². The molecule has 0 spiro atoms. The quantitative estimate of drug-likeness (QED) is 0.562. The second kappa shape index (κ2) is 9.87. The Morgan fingerprint density at radius 2 is 1.83 bits per heavy atom. The molecule has 4 rings (SSSR count). The third-order valence-electron chi connectivity index (χ3n) is 6.61. The summed E-state index contributed by atoms with van der Waals surface area (Å²) in [6.45, 7) is 0.604. The summed E-state index contributed by atoms with van der Waals surface area (Å²) in [6.07, 6.45) is 0.458. The van der Waals surface area contributed by atoms with Crippen molar-refractivity contribution in [2.75, 3.05) is 38.8 Å². The molecule has 0 unspecified atom stereocenters. The van der Waals surface area contributed by atoms with E-state index < -0.39 is 33.4 Å². The number of thiazole rings is 1. The van der Waals surface area contributed by atoms with E-state index in [1.807, 2.05) is 14.1 Å². The first-order chi connectivity index (χ1) is 16.3. The van der Waals surface area contributed by atoms with Gasteiger partial charge in [0.1, 0.15) is 5.69 Å². The second-order valence-corrected chi connectivity index (χ2v) is 12.3. The van der Waals surface area contributed by atoms with E-state index in [1.54, 1.807) is 0 Å². The van der Waals surface area contributed by atoms with E-state index in [0.29, 0.717) is 37.4 Å². The average molecular weight is 537 g/mol. The first-order valence-corrected chi connectivity index (χ1v) is 14.0. The summed E-state index contributed by atoms with van der Waals surface area (Å²) in [5.74, 6) is -1.08. The number of nitrogens with one attached hydrogen (secondary N) is 1. The minimum absolute atomic E-state index is 0.00387. The Balaban J connectivity index is 1.59. The maximum Gasteiger partial charge on any atom is 0.434 e. The molecule has 1 aliphatic carbocycles. The summed E-state index contributed by atoms with van der Waals surface area (Å²) in [5.41, 5.74) is -1.56. The van der Waals surface area contributed by atoms with Crippen LogP contribution in [0.4, 0.5) is 23.5 Å². The summed E-state index contributed by atoms with van der Waals surface area (Å²) in [6, 6.07) is 0.0780. The first-order valence-electron chi connectivity index (χ1n) is 11.3. The Hall–Kier alpha value is -1.90. The second-order valence-electron chi connectivity index (χ2n) is 9.33. The topological polar surface area (TPSA) is 91.3 Å². The molecule has 1 aliphatic heterocycles. The van der Waals surface area contributed by atoms with Crippen molar-refractivity contribution in [3.8, 4) is 10.6 Å². The smallest absolute Gasteiger partial charge is 0.351 e. The molecule has 0 bridgehead atoms. The molecule has 3 heterocycles. The van der Waals surface area contributed by atoms with Crippen LogP contribution < -0.4 is 5.32 Å². The number of alkyl halides is 3. The van der Waals surface area contributed by atoms with Crippen molar-refractivity contribution in [1.29, 1.82) is 0 Å². The highest BCUT2D eigenvalue weighted by Crippen LogP contribution is 2.45. The summed E-state index contributed by atoms with van der Waals surface area (Å²) >= 11 is 0.841. The van der Waals surface area contributed by atoms with Gasteiger partial charge in [-0.05, 0) is 46.2 Å². The molecule has 0 amide bonds. The van der Waals surface area contributed by atoms with Crippen LogP contribution >= 0.6 is 11.3 Å². The van der Waals surface area contributed by atoms with Gasteiger partial charge >= 0.3 is 6.18 Å². The van der Waals surface area contributed by atoms with Crippen LogP contribution in [0.25, 0.3) is 10.6 Å². The van der Waals surface area contributed by atoms with E-state index >= 15 is 0 Å². The van der Waals surface area contributed by atoms with Crippen LogP contribution in [-0.2, 0) is 16.2 Å². The fourth-order valence-corrected chi connectivity index (χ4v) is 6.72. The lowest BCUT2D eigenvalue weighted by Gasteiger charge is -2.30. The van der Waals surface area contributed by atoms with E-state index in [-0.39, 0.29) is 28.8 Å². The van der Waals surface area contributed by atoms with Crippen LogP contribution in [0.1, 0.15) is 48.7 Å². The molecule has 8 nitrogen and oxygen atoms in total. The molecule has 194 valence electrons. The largest absolute Gasteiger partial charge is 0.434 e. The number of hydrogen-bond donors (Lipinski definition) is 1. The van der Waals surface area contributed by atoms with Crippen LogP contribution in [0.3, 0.4) is 0 Å². The molecule has 2 aromatic heterocycles. The number of sulfonamides is 1. The molecular weight excluding hydrogens is 508 g/mol. The van der Waals surface area contributed by atoms with E-state index in [0.717, 1.165) is 36.6 Å². The molecule has 1 saturated heterocycles. The highest BCUT2D eigenvalue weighted by atomic mass is 32.2. The predicted octanol–water partition coefficient (Wildman–Crippen LogP) is 3.79. The monoisotopic (exact) mass is 536 g/mol. The molecule has 1 N–H and O–H groups in total. The van der Waals surface area contributed by atoms with Gasteiger partial charge in [0.2, 0.25) is 16.0 Å². The number of anilines is 1. The lowest BCUT2D eigenvalue weighted by atomic mass is 10.1. The van der Waals surface area contributed by atoms with Crippen molar-refractivity contribution in [3.63, 3.8) is 0 Å². The zero-order valence-corrected chi connectivity index (χ0v) is 21.3. The van der Waals surface area contributed by atoms with Crippen LogP contribution in [0.2, 0.25) is 0 Å². The highest BCUT2D eigenvalue weighted by Gasteiger charge is 2.41. The Morgan fingerprint density at radius 1 is 1.14 bits per heavy atom. The Labute approximate surface area is 205 Å². The van der Waals surface area contributed by atoms with Gasteiger partial charge in [-0.25, -0.2) is 32.1 Å². The molecule has 35 heavy (non-hydrogen) atoms. The fourth-order valence-electron chi connectivity index (χ4n) is 4.63. The Kier molecular flexibility index (Phi) is 7.38. The first kappa shape index (κ1) is 26.2. The summed E-state index contributed by atoms with van der Waals surface area (Å²) < 4.78 is 81.1. The van der Waals surface area contributed by atoms with Crippen molar-refractivity contribution in [3.05, 3.63) is 22.7 Å². The third kappa shape index (κ3) is 5.92. The van der Waals surface area contributed by atoms with Gasteiger partial charge in [0.15, 0.2) is 11.5 Å². The van der Waals surface area contributed by atoms with Gasteiger partial charge in [0, 0.05) is 31.1 Å². The molecular formula is C21H28F4N6O2S2. The van der Waals surface area contributed by atoms with Crippen molar-refractivity contribution in [1.82, 2.24) is 24.2 Å². The van der Waals surface area contributed by atoms with Crippen LogP contribution in [0.15, 0.2) is 6.20 Å². The minimum atomic E-state index is -4.76. The number of aromatic nitrogens is 3. The molecule has 2 aliphatic rings. The third-order valence-corrected chi connectivity index (χ3v) is 9.14. The molecule has 14 heteroatoms. The predicted molar refractivity (Wildman–Crippen MR) is 125 cm³/mol. The molecule has 2 aromatic rings. The van der Waals surface area contributed by atoms with E-state index in [2.05, 4.69) is 25.2 Å². The fraction of sp³-hybridized carbons (Fsp3) is 0.667. The summed E-state index contributed by atoms with van der Waals surface area (Å²) in [5, 5.41) is 3.36. The van der Waals surface area contributed by atoms with Crippen LogP contribution in [-0.4, -0.2) is 78.1 Å². The van der Waals surface area contributed by atoms with Crippen molar-refractivity contribution in [2.24, 2.45) is 0 Å². The molecule has 0 aromatic carbocycles. The molecule has 1 saturated carbocycles. The van der Waals surface area contributed by atoms with E-state index in [4.69, 9.17) is 0 Å². The van der Waals surface area contributed by atoms with Gasteiger partial charge < -0.3 is 10.2 Å². The van der Waals surface area contributed by atoms with Gasteiger partial charge in [-0.15, -0.1) is 11.3 Å². The minimum Gasteiger partial charge on any atom is -0.351 e. The number of nitrogens with zero attached hydrogens (tertiary/aromatic N) is 5. The number of halogens is 4. The Morgan fingerprint density at radius 3 is 2.40 bits per heavy atom. The van der Waals surface area contributed by atoms with E-state index in [9.17, 15) is 26.0 Å². The number of hydrogen-bond acceptors (Lipinski definition) is 8. The van der Waals surface area contributed by atoms with Crippen LogP contribution in [0, 0.1) is 5.82 Å². The standard InChI is InChI=1S/C21H28F4N6O2S2/c1-30(2)14-5-4-12(10-14)19-29-18(21(23,24)25)17(34-19)16-15(22)11-26-20(28-16)27-13-6-8-31(9-7-13)35(3,32)33/h11-14H,4-10H2,1-3H3,(H,26,27,28)/t12-,14+/m0/s1. The van der Waals surface area contributed by atoms with Gasteiger partial charge in [-0.2, -0.15) is 13.2 Å². The maximum atomic E-state index is 14.7. The van der Waals surface area contributed by atoms with Gasteiger partial charge in [0.05, 0.1) is 22.3 Å². The SMILES string of the molecule is CN(C)[C@@H]1CC[C@H](c2nc(C(F)(F)F)c(-c3nc(NC4CCN(S(C)(=O)=O)CC4)ncc3F)s2)C1. The maximum absolute atomic E-state index is 14.7. The zero-order valence-electron chi connectivity index (χ0n) is 19.6. The Bertz CT molecular complexity index is 1160.